The van der Waals surface area contributed by atoms with Gasteiger partial charge in [0.15, 0.2) is 0 Å². The van der Waals surface area contributed by atoms with Crippen LogP contribution in [0, 0.1) is 5.92 Å². The van der Waals surface area contributed by atoms with Crippen LogP contribution in [0.15, 0.2) is 24.7 Å². The molecular formula is C15H26ClN5. The number of aromatic nitrogens is 4. The lowest BCUT2D eigenvalue weighted by Gasteiger charge is -2.11. The largest absolute Gasteiger partial charge is 0.307 e. The van der Waals surface area contributed by atoms with Gasteiger partial charge in [0.2, 0.25) is 0 Å². The summed E-state index contributed by atoms with van der Waals surface area (Å²) in [7, 11) is 0. The van der Waals surface area contributed by atoms with E-state index < -0.39 is 0 Å². The van der Waals surface area contributed by atoms with Crippen LogP contribution >= 0.6 is 12.4 Å². The summed E-state index contributed by atoms with van der Waals surface area (Å²) in [6.45, 7) is 11.3. The Morgan fingerprint density at radius 2 is 1.90 bits per heavy atom. The minimum Gasteiger partial charge on any atom is -0.307 e. The van der Waals surface area contributed by atoms with Crippen molar-refractivity contribution >= 4 is 12.4 Å². The quantitative estimate of drug-likeness (QED) is 0.855. The number of nitrogens with one attached hydrogen (secondary N) is 1. The Bertz CT molecular complexity index is 530. The molecular weight excluding hydrogens is 286 g/mol. The van der Waals surface area contributed by atoms with Crippen LogP contribution in [0.25, 0.3) is 0 Å². The molecule has 0 amide bonds. The van der Waals surface area contributed by atoms with Crippen LogP contribution in [0.4, 0.5) is 0 Å². The van der Waals surface area contributed by atoms with Gasteiger partial charge in [0.05, 0.1) is 11.9 Å². The zero-order chi connectivity index (χ0) is 14.5. The maximum absolute atomic E-state index is 4.38. The fourth-order valence-electron chi connectivity index (χ4n) is 2.25. The normalized spacial score (nSPS) is 11.1. The van der Waals surface area contributed by atoms with Gasteiger partial charge in [-0.05, 0) is 25.8 Å². The molecule has 0 bridgehead atoms. The topological polar surface area (TPSA) is 47.7 Å². The van der Waals surface area contributed by atoms with Crippen LogP contribution in [0.5, 0.6) is 0 Å². The van der Waals surface area contributed by atoms with Crippen molar-refractivity contribution in [3.05, 3.63) is 35.9 Å². The fraction of sp³-hybridized carbons (Fsp3) is 0.600. The van der Waals surface area contributed by atoms with E-state index in [1.165, 1.54) is 11.3 Å². The van der Waals surface area contributed by atoms with Crippen molar-refractivity contribution in [2.24, 2.45) is 5.92 Å². The van der Waals surface area contributed by atoms with Crippen molar-refractivity contribution in [2.75, 3.05) is 0 Å². The Hall–Kier alpha value is -1.33. The maximum Gasteiger partial charge on any atom is 0.0534 e. The Morgan fingerprint density at radius 1 is 1.14 bits per heavy atom. The monoisotopic (exact) mass is 311 g/mol. The van der Waals surface area contributed by atoms with E-state index in [0.29, 0.717) is 12.0 Å². The van der Waals surface area contributed by atoms with Crippen molar-refractivity contribution in [1.82, 2.24) is 24.9 Å². The number of nitrogens with zero attached hydrogens (tertiary/aromatic N) is 4. The minimum absolute atomic E-state index is 0. The SMILES string of the molecule is CC(C)Cn1cc(CNCc2ccnn2C(C)C)cn1.Cl. The first-order chi connectivity index (χ1) is 9.56. The molecule has 2 rings (SSSR count). The molecule has 5 nitrogen and oxygen atoms in total. The van der Waals surface area contributed by atoms with E-state index in [2.05, 4.69) is 60.2 Å². The lowest BCUT2D eigenvalue weighted by Crippen LogP contribution is -2.17. The van der Waals surface area contributed by atoms with E-state index in [1.807, 2.05) is 17.1 Å². The molecule has 0 aliphatic heterocycles. The van der Waals surface area contributed by atoms with Gasteiger partial charge in [0.25, 0.3) is 0 Å². The molecule has 0 aliphatic carbocycles. The molecule has 1 N–H and O–H groups in total. The molecule has 2 aromatic rings. The van der Waals surface area contributed by atoms with Crippen LogP contribution in [0.3, 0.4) is 0 Å². The summed E-state index contributed by atoms with van der Waals surface area (Å²) in [6, 6.07) is 2.46. The zero-order valence-electron chi connectivity index (χ0n) is 13.3. The van der Waals surface area contributed by atoms with Gasteiger partial charge in [-0.25, -0.2) is 0 Å². The van der Waals surface area contributed by atoms with Gasteiger partial charge in [-0.1, -0.05) is 13.8 Å². The highest BCUT2D eigenvalue weighted by Crippen LogP contribution is 2.08. The second kappa shape index (κ2) is 8.20. The Kier molecular flexibility index (Phi) is 6.92. The summed E-state index contributed by atoms with van der Waals surface area (Å²) in [5.74, 6) is 0.621. The number of hydrogen-bond donors (Lipinski definition) is 1. The zero-order valence-corrected chi connectivity index (χ0v) is 14.1. The maximum atomic E-state index is 4.38. The lowest BCUT2D eigenvalue weighted by molar-refractivity contribution is 0.482. The van der Waals surface area contributed by atoms with E-state index in [1.54, 1.807) is 0 Å². The first kappa shape index (κ1) is 17.7. The average Bonchev–Trinajstić information content (AvgIpc) is 2.98. The number of rotatable bonds is 7. The van der Waals surface area contributed by atoms with Crippen LogP contribution < -0.4 is 5.32 Å². The lowest BCUT2D eigenvalue weighted by atomic mass is 10.2. The summed E-state index contributed by atoms with van der Waals surface area (Å²) in [5, 5.41) is 12.2. The highest BCUT2D eigenvalue weighted by atomic mass is 35.5. The molecule has 0 aromatic carbocycles. The molecule has 0 unspecified atom stereocenters. The van der Waals surface area contributed by atoms with E-state index in [4.69, 9.17) is 0 Å². The summed E-state index contributed by atoms with van der Waals surface area (Å²) in [4.78, 5) is 0. The first-order valence-electron chi connectivity index (χ1n) is 7.30. The molecule has 0 saturated carbocycles. The van der Waals surface area contributed by atoms with E-state index >= 15 is 0 Å². The van der Waals surface area contributed by atoms with E-state index in [0.717, 1.165) is 19.6 Å². The fourth-order valence-corrected chi connectivity index (χ4v) is 2.25. The van der Waals surface area contributed by atoms with Gasteiger partial charge in [0.1, 0.15) is 0 Å². The van der Waals surface area contributed by atoms with Gasteiger partial charge in [-0.15, -0.1) is 12.4 Å². The third kappa shape index (κ3) is 5.17. The highest BCUT2D eigenvalue weighted by molar-refractivity contribution is 5.85. The Balaban J connectivity index is 0.00000220. The molecule has 0 spiro atoms. The van der Waals surface area contributed by atoms with Crippen molar-refractivity contribution in [3.8, 4) is 0 Å². The molecule has 0 saturated heterocycles. The molecule has 118 valence electrons. The van der Waals surface area contributed by atoms with Crippen molar-refractivity contribution in [3.63, 3.8) is 0 Å². The molecule has 0 aliphatic rings. The van der Waals surface area contributed by atoms with Crippen molar-refractivity contribution in [1.29, 1.82) is 0 Å². The van der Waals surface area contributed by atoms with Crippen molar-refractivity contribution in [2.45, 2.75) is 53.4 Å². The third-order valence-corrected chi connectivity index (χ3v) is 3.12. The van der Waals surface area contributed by atoms with Gasteiger partial charge in [0, 0.05) is 43.6 Å². The Morgan fingerprint density at radius 3 is 2.57 bits per heavy atom. The molecule has 21 heavy (non-hydrogen) atoms. The molecule has 0 atom stereocenters. The second-order valence-electron chi connectivity index (χ2n) is 5.93. The van der Waals surface area contributed by atoms with Crippen molar-refractivity contribution < 1.29 is 0 Å². The summed E-state index contributed by atoms with van der Waals surface area (Å²) < 4.78 is 4.06. The predicted molar refractivity (Wildman–Crippen MR) is 87.5 cm³/mol. The van der Waals surface area contributed by atoms with Gasteiger partial charge in [-0.2, -0.15) is 10.2 Å². The third-order valence-electron chi connectivity index (χ3n) is 3.12. The summed E-state index contributed by atoms with van der Waals surface area (Å²) >= 11 is 0. The molecule has 2 heterocycles. The summed E-state index contributed by atoms with van der Waals surface area (Å²) in [6.07, 6.45) is 5.92. The average molecular weight is 312 g/mol. The molecule has 0 radical (unpaired) electrons. The van der Waals surface area contributed by atoms with Gasteiger partial charge in [-0.3, -0.25) is 9.36 Å². The molecule has 6 heteroatoms. The van der Waals surface area contributed by atoms with Crippen LogP contribution in [-0.4, -0.2) is 19.6 Å². The highest BCUT2D eigenvalue weighted by Gasteiger charge is 2.06. The first-order valence-corrected chi connectivity index (χ1v) is 7.30. The number of hydrogen-bond acceptors (Lipinski definition) is 3. The van der Waals surface area contributed by atoms with Gasteiger partial charge < -0.3 is 5.32 Å². The smallest absolute Gasteiger partial charge is 0.0534 e. The molecule has 2 aromatic heterocycles. The second-order valence-corrected chi connectivity index (χ2v) is 5.93. The van der Waals surface area contributed by atoms with Crippen LogP contribution in [0.2, 0.25) is 0 Å². The minimum atomic E-state index is 0. The van der Waals surface area contributed by atoms with E-state index in [9.17, 15) is 0 Å². The summed E-state index contributed by atoms with van der Waals surface area (Å²) in [5.41, 5.74) is 2.44. The van der Waals surface area contributed by atoms with Gasteiger partial charge >= 0.3 is 0 Å². The predicted octanol–water partition coefficient (Wildman–Crippen LogP) is 3.03. The van der Waals surface area contributed by atoms with Crippen LogP contribution in [-0.2, 0) is 19.6 Å². The Labute approximate surface area is 133 Å². The molecule has 0 fully saturated rings. The van der Waals surface area contributed by atoms with E-state index in [-0.39, 0.29) is 12.4 Å². The van der Waals surface area contributed by atoms with Crippen LogP contribution in [0.1, 0.15) is 45.0 Å². The number of halogens is 1. The standard InChI is InChI=1S/C15H25N5.ClH/c1-12(2)10-19-11-14(8-18-19)7-16-9-15-5-6-17-20(15)13(3)4;/h5-6,8,11-13,16H,7,9-10H2,1-4H3;1H.